The predicted octanol–water partition coefficient (Wildman–Crippen LogP) is 1.37. The molecular formula is C16H18N4O2. The highest BCUT2D eigenvalue weighted by atomic mass is 16.2. The van der Waals surface area contributed by atoms with Crippen molar-refractivity contribution >= 4 is 22.8 Å². The highest BCUT2D eigenvalue weighted by molar-refractivity contribution is 5.97. The Hall–Kier alpha value is -2.50. The number of hydrogen-bond donors (Lipinski definition) is 1. The summed E-state index contributed by atoms with van der Waals surface area (Å²) in [6.07, 6.45) is 3.50. The predicted molar refractivity (Wildman–Crippen MR) is 82.3 cm³/mol. The molecule has 6 nitrogen and oxygen atoms in total. The topological polar surface area (TPSA) is 75.2 Å². The number of amides is 2. The summed E-state index contributed by atoms with van der Waals surface area (Å²) in [5, 5.41) is 2.70. The van der Waals surface area contributed by atoms with Crippen molar-refractivity contribution < 1.29 is 9.59 Å². The molecule has 0 spiro atoms. The van der Waals surface area contributed by atoms with Crippen molar-refractivity contribution in [1.82, 2.24) is 20.2 Å². The number of carbonyl (C=O) groups is 2. The standard InChI is InChI=1S/C16H18N4O2/c1-11(16(22)20-8-4-5-9-20)18-15(21)14-10-17-12-6-2-3-7-13(12)19-14/h2-3,6-7,10-11H,4-5,8-9H2,1H3,(H,18,21). The van der Waals surface area contributed by atoms with Gasteiger partial charge in [-0.25, -0.2) is 4.98 Å². The normalized spacial score (nSPS) is 15.8. The number of aromatic nitrogens is 2. The van der Waals surface area contributed by atoms with E-state index in [1.165, 1.54) is 6.20 Å². The van der Waals surface area contributed by atoms with E-state index in [2.05, 4.69) is 15.3 Å². The maximum Gasteiger partial charge on any atom is 0.272 e. The summed E-state index contributed by atoms with van der Waals surface area (Å²) in [6.45, 7) is 3.25. The zero-order chi connectivity index (χ0) is 15.5. The Bertz CT molecular complexity index is 710. The van der Waals surface area contributed by atoms with Crippen molar-refractivity contribution in [1.29, 1.82) is 0 Å². The van der Waals surface area contributed by atoms with Gasteiger partial charge in [-0.2, -0.15) is 0 Å². The van der Waals surface area contributed by atoms with Crippen LogP contribution in [0.4, 0.5) is 0 Å². The monoisotopic (exact) mass is 298 g/mol. The van der Waals surface area contributed by atoms with E-state index in [0.717, 1.165) is 31.4 Å². The third kappa shape index (κ3) is 2.90. The molecule has 2 amide bonds. The second kappa shape index (κ2) is 6.09. The lowest BCUT2D eigenvalue weighted by Crippen LogP contribution is -2.46. The molecule has 2 heterocycles. The molecule has 0 bridgehead atoms. The van der Waals surface area contributed by atoms with Gasteiger partial charge in [-0.05, 0) is 31.9 Å². The highest BCUT2D eigenvalue weighted by Gasteiger charge is 2.25. The van der Waals surface area contributed by atoms with Crippen LogP contribution in [-0.4, -0.2) is 45.8 Å². The SMILES string of the molecule is CC(NC(=O)c1cnc2ccccc2n1)C(=O)N1CCCC1. The smallest absolute Gasteiger partial charge is 0.272 e. The van der Waals surface area contributed by atoms with Gasteiger partial charge in [0, 0.05) is 13.1 Å². The number of rotatable bonds is 3. The van der Waals surface area contributed by atoms with Crippen molar-refractivity contribution in [2.75, 3.05) is 13.1 Å². The van der Waals surface area contributed by atoms with E-state index in [1.807, 2.05) is 18.2 Å². The third-order valence-electron chi connectivity index (χ3n) is 3.82. The first-order valence-corrected chi connectivity index (χ1v) is 7.46. The molecule has 1 unspecified atom stereocenters. The van der Waals surface area contributed by atoms with Crippen molar-refractivity contribution in [2.24, 2.45) is 0 Å². The van der Waals surface area contributed by atoms with E-state index < -0.39 is 6.04 Å². The van der Waals surface area contributed by atoms with Gasteiger partial charge in [0.15, 0.2) is 0 Å². The van der Waals surface area contributed by atoms with Gasteiger partial charge in [0.25, 0.3) is 5.91 Å². The first-order valence-electron chi connectivity index (χ1n) is 7.46. The fraction of sp³-hybridized carbons (Fsp3) is 0.375. The molecule has 1 N–H and O–H groups in total. The molecular weight excluding hydrogens is 280 g/mol. The Morgan fingerprint density at radius 1 is 1.18 bits per heavy atom. The van der Waals surface area contributed by atoms with Crippen LogP contribution in [0.5, 0.6) is 0 Å². The zero-order valence-corrected chi connectivity index (χ0v) is 12.5. The average Bonchev–Trinajstić information content (AvgIpc) is 3.08. The zero-order valence-electron chi connectivity index (χ0n) is 12.5. The number of fused-ring (bicyclic) bond motifs is 1. The first-order chi connectivity index (χ1) is 10.6. The minimum Gasteiger partial charge on any atom is -0.341 e. The number of para-hydroxylation sites is 2. The number of nitrogens with zero attached hydrogens (tertiary/aromatic N) is 3. The molecule has 0 saturated carbocycles. The van der Waals surface area contributed by atoms with Crippen molar-refractivity contribution in [3.05, 3.63) is 36.2 Å². The molecule has 1 aromatic carbocycles. The maximum absolute atomic E-state index is 12.2. The summed E-state index contributed by atoms with van der Waals surface area (Å²) in [5.41, 5.74) is 1.62. The van der Waals surface area contributed by atoms with Crippen molar-refractivity contribution in [2.45, 2.75) is 25.8 Å². The van der Waals surface area contributed by atoms with Crippen LogP contribution in [-0.2, 0) is 4.79 Å². The summed E-state index contributed by atoms with van der Waals surface area (Å²) in [4.78, 5) is 34.7. The lowest BCUT2D eigenvalue weighted by Gasteiger charge is -2.20. The Morgan fingerprint density at radius 3 is 2.59 bits per heavy atom. The minimum absolute atomic E-state index is 0.0420. The van der Waals surface area contributed by atoms with E-state index in [0.29, 0.717) is 5.52 Å². The maximum atomic E-state index is 12.2. The summed E-state index contributed by atoms with van der Waals surface area (Å²) in [6, 6.07) is 6.80. The van der Waals surface area contributed by atoms with Crippen LogP contribution in [0.3, 0.4) is 0 Å². The second-order valence-electron chi connectivity index (χ2n) is 5.47. The van der Waals surface area contributed by atoms with E-state index in [4.69, 9.17) is 0 Å². The molecule has 1 aliphatic heterocycles. The van der Waals surface area contributed by atoms with E-state index in [9.17, 15) is 9.59 Å². The van der Waals surface area contributed by atoms with E-state index in [-0.39, 0.29) is 17.5 Å². The lowest BCUT2D eigenvalue weighted by molar-refractivity contribution is -0.131. The van der Waals surface area contributed by atoms with Crippen molar-refractivity contribution in [3.8, 4) is 0 Å². The molecule has 1 atom stereocenters. The van der Waals surface area contributed by atoms with Crippen LogP contribution in [0.2, 0.25) is 0 Å². The summed E-state index contributed by atoms with van der Waals surface area (Å²) in [7, 11) is 0. The highest BCUT2D eigenvalue weighted by Crippen LogP contribution is 2.10. The van der Waals surface area contributed by atoms with Crippen LogP contribution in [0.1, 0.15) is 30.3 Å². The third-order valence-corrected chi connectivity index (χ3v) is 3.82. The number of hydrogen-bond acceptors (Lipinski definition) is 4. The fourth-order valence-corrected chi connectivity index (χ4v) is 2.61. The van der Waals surface area contributed by atoms with E-state index in [1.54, 1.807) is 17.9 Å². The molecule has 114 valence electrons. The van der Waals surface area contributed by atoms with Crippen LogP contribution in [0.15, 0.2) is 30.5 Å². The largest absolute Gasteiger partial charge is 0.341 e. The summed E-state index contributed by atoms with van der Waals surface area (Å²) in [5.74, 6) is -0.419. The minimum atomic E-state index is -0.557. The Balaban J connectivity index is 1.70. The average molecular weight is 298 g/mol. The van der Waals surface area contributed by atoms with Gasteiger partial charge in [0.2, 0.25) is 5.91 Å². The Labute approximate surface area is 128 Å². The number of likely N-dealkylation sites (tertiary alicyclic amines) is 1. The van der Waals surface area contributed by atoms with Gasteiger partial charge < -0.3 is 10.2 Å². The Kier molecular flexibility index (Phi) is 4.00. The molecule has 22 heavy (non-hydrogen) atoms. The van der Waals surface area contributed by atoms with Gasteiger partial charge in [-0.1, -0.05) is 12.1 Å². The molecule has 3 rings (SSSR count). The first kappa shape index (κ1) is 14.4. The Morgan fingerprint density at radius 2 is 1.86 bits per heavy atom. The number of benzene rings is 1. The van der Waals surface area contributed by atoms with Crippen LogP contribution < -0.4 is 5.32 Å². The van der Waals surface area contributed by atoms with Gasteiger partial charge in [-0.3, -0.25) is 14.6 Å². The molecule has 6 heteroatoms. The fourth-order valence-electron chi connectivity index (χ4n) is 2.61. The lowest BCUT2D eigenvalue weighted by atomic mass is 10.2. The molecule has 0 aliphatic carbocycles. The molecule has 1 saturated heterocycles. The van der Waals surface area contributed by atoms with E-state index >= 15 is 0 Å². The number of carbonyl (C=O) groups excluding carboxylic acids is 2. The quantitative estimate of drug-likeness (QED) is 0.928. The molecule has 0 radical (unpaired) electrons. The van der Waals surface area contributed by atoms with Gasteiger partial charge in [-0.15, -0.1) is 0 Å². The molecule has 1 aliphatic rings. The molecule has 1 aromatic heterocycles. The van der Waals surface area contributed by atoms with Crippen LogP contribution in [0.25, 0.3) is 11.0 Å². The van der Waals surface area contributed by atoms with Gasteiger partial charge in [0.1, 0.15) is 11.7 Å². The second-order valence-corrected chi connectivity index (χ2v) is 5.47. The van der Waals surface area contributed by atoms with Crippen LogP contribution >= 0.6 is 0 Å². The van der Waals surface area contributed by atoms with Crippen LogP contribution in [0, 0.1) is 0 Å². The molecule has 1 fully saturated rings. The summed E-state index contributed by atoms with van der Waals surface area (Å²) >= 11 is 0. The number of nitrogens with one attached hydrogen (secondary N) is 1. The van der Waals surface area contributed by atoms with Gasteiger partial charge in [0.05, 0.1) is 17.2 Å². The summed E-state index contributed by atoms with van der Waals surface area (Å²) < 4.78 is 0. The van der Waals surface area contributed by atoms with Crippen molar-refractivity contribution in [3.63, 3.8) is 0 Å². The van der Waals surface area contributed by atoms with Gasteiger partial charge >= 0.3 is 0 Å². The molecule has 2 aromatic rings.